The third kappa shape index (κ3) is 5.48. The summed E-state index contributed by atoms with van der Waals surface area (Å²) in [5.41, 5.74) is 4.96. The Kier molecular flexibility index (Phi) is 6.96. The maximum absolute atomic E-state index is 14.3. The van der Waals surface area contributed by atoms with Crippen LogP contribution in [0.4, 0.5) is 25.2 Å². The molecule has 0 aliphatic carbocycles. The first-order chi connectivity index (χ1) is 19.0. The zero-order chi connectivity index (χ0) is 28.6. The topological polar surface area (TPSA) is 129 Å². The average molecular weight is 552 g/mol. The van der Waals surface area contributed by atoms with Gasteiger partial charge in [-0.25, -0.2) is 28.5 Å². The van der Waals surface area contributed by atoms with E-state index in [0.717, 1.165) is 12.1 Å². The summed E-state index contributed by atoms with van der Waals surface area (Å²) in [4.78, 5) is 42.3. The van der Waals surface area contributed by atoms with Crippen LogP contribution in [0.3, 0.4) is 0 Å². The number of nitrogens with two attached hydrogens (primary N) is 1. The molecular formula is C27H27F2N7O4. The smallest absolute Gasteiger partial charge is 0.410 e. The van der Waals surface area contributed by atoms with E-state index in [1.807, 2.05) is 25.7 Å². The van der Waals surface area contributed by atoms with Gasteiger partial charge >= 0.3 is 6.09 Å². The van der Waals surface area contributed by atoms with Crippen LogP contribution in [0.2, 0.25) is 0 Å². The van der Waals surface area contributed by atoms with E-state index in [0.29, 0.717) is 43.3 Å². The van der Waals surface area contributed by atoms with E-state index in [4.69, 9.17) is 15.2 Å². The number of piperazine rings is 1. The van der Waals surface area contributed by atoms with Gasteiger partial charge in [-0.2, -0.15) is 0 Å². The molecule has 2 aromatic heterocycles. The molecule has 1 fully saturated rings. The van der Waals surface area contributed by atoms with E-state index >= 15 is 0 Å². The number of nitrogens with zero attached hydrogens (tertiary/aromatic N) is 6. The minimum Gasteiger partial charge on any atom is -0.451 e. The van der Waals surface area contributed by atoms with Gasteiger partial charge in [0.05, 0.1) is 34.7 Å². The minimum absolute atomic E-state index is 0.0321. The number of carbonyl (C=O) groups excluding carboxylic acids is 1. The molecule has 13 heteroatoms. The fraction of sp³-hybridized carbons (Fsp3) is 0.296. The predicted molar refractivity (Wildman–Crippen MR) is 144 cm³/mol. The number of carbonyl (C=O) groups is 1. The highest BCUT2D eigenvalue weighted by atomic mass is 19.1. The first-order valence-electron chi connectivity index (χ1n) is 12.5. The minimum atomic E-state index is -1.04. The van der Waals surface area contributed by atoms with E-state index < -0.39 is 28.5 Å². The zero-order valence-corrected chi connectivity index (χ0v) is 22.1. The van der Waals surface area contributed by atoms with E-state index in [1.54, 1.807) is 4.90 Å². The number of anilines is 2. The molecule has 40 heavy (non-hydrogen) atoms. The van der Waals surface area contributed by atoms with Gasteiger partial charge in [-0.3, -0.25) is 9.36 Å². The van der Waals surface area contributed by atoms with Crippen LogP contribution in [-0.2, 0) is 4.74 Å². The molecule has 3 heterocycles. The van der Waals surface area contributed by atoms with Crippen LogP contribution in [0.1, 0.15) is 20.8 Å². The average Bonchev–Trinajstić information content (AvgIpc) is 2.93. The highest BCUT2D eigenvalue weighted by molar-refractivity contribution is 5.79. The Hall–Kier alpha value is -4.81. The maximum Gasteiger partial charge on any atom is 0.410 e. The van der Waals surface area contributed by atoms with E-state index in [9.17, 15) is 18.4 Å². The number of benzene rings is 2. The summed E-state index contributed by atoms with van der Waals surface area (Å²) < 4.78 is 40.5. The number of amides is 1. The molecule has 4 aromatic rings. The predicted octanol–water partition coefficient (Wildman–Crippen LogP) is 3.89. The van der Waals surface area contributed by atoms with Crippen molar-refractivity contribution < 1.29 is 23.0 Å². The standard InChI is InChI=1S/C27H27F2N7O4/c1-27(2,3)40-26(38)35-10-8-34(9-11-35)25-31-13-16(14-32-25)36-15-33-21-7-4-17(12-18(21)24(36)37)39-23-19(28)5-6-20(30)22(23)29/h4-7,12-15H,8-11,30H2,1-3H3. The lowest BCUT2D eigenvalue weighted by atomic mass is 10.2. The van der Waals surface area contributed by atoms with Gasteiger partial charge in [0.25, 0.3) is 5.56 Å². The van der Waals surface area contributed by atoms with Crippen molar-refractivity contribution in [2.45, 2.75) is 26.4 Å². The molecule has 11 nitrogen and oxygen atoms in total. The number of ether oxygens (including phenoxy) is 2. The maximum atomic E-state index is 14.3. The lowest BCUT2D eigenvalue weighted by Gasteiger charge is -2.35. The summed E-state index contributed by atoms with van der Waals surface area (Å²) in [6, 6.07) is 6.39. The summed E-state index contributed by atoms with van der Waals surface area (Å²) >= 11 is 0. The molecule has 0 bridgehead atoms. The molecule has 0 atom stereocenters. The van der Waals surface area contributed by atoms with Gasteiger partial charge in [-0.05, 0) is 51.1 Å². The number of hydrogen-bond acceptors (Lipinski definition) is 9. The Balaban J connectivity index is 1.33. The van der Waals surface area contributed by atoms with Gasteiger partial charge in [-0.1, -0.05) is 0 Å². The molecular weight excluding hydrogens is 524 g/mol. The zero-order valence-electron chi connectivity index (χ0n) is 22.1. The molecule has 1 amide bonds. The number of aromatic nitrogens is 4. The van der Waals surface area contributed by atoms with Crippen LogP contribution < -0.4 is 20.9 Å². The second kappa shape index (κ2) is 10.4. The molecule has 208 valence electrons. The summed E-state index contributed by atoms with van der Waals surface area (Å²) in [5.74, 6) is -2.15. The van der Waals surface area contributed by atoms with Crippen molar-refractivity contribution in [3.05, 3.63) is 71.0 Å². The summed E-state index contributed by atoms with van der Waals surface area (Å²) in [6.07, 6.45) is 3.98. The van der Waals surface area contributed by atoms with E-state index in [2.05, 4.69) is 15.0 Å². The van der Waals surface area contributed by atoms with Crippen LogP contribution >= 0.6 is 0 Å². The first kappa shape index (κ1) is 26.8. The number of nitrogen functional groups attached to an aromatic ring is 1. The van der Waals surface area contributed by atoms with Crippen LogP contribution in [0, 0.1) is 11.6 Å². The third-order valence-corrected chi connectivity index (χ3v) is 6.15. The van der Waals surface area contributed by atoms with E-state index in [1.165, 1.54) is 41.5 Å². The number of halogens is 2. The monoisotopic (exact) mass is 551 g/mol. The van der Waals surface area contributed by atoms with Gasteiger partial charge in [0.15, 0.2) is 11.6 Å². The molecule has 0 spiro atoms. The Morgan fingerprint density at radius 2 is 1.70 bits per heavy atom. The fourth-order valence-electron chi connectivity index (χ4n) is 4.13. The lowest BCUT2D eigenvalue weighted by Crippen LogP contribution is -2.50. The Morgan fingerprint density at radius 1 is 1.00 bits per heavy atom. The summed E-state index contributed by atoms with van der Waals surface area (Å²) in [6.45, 7) is 7.43. The number of hydrogen-bond donors (Lipinski definition) is 1. The second-order valence-corrected chi connectivity index (χ2v) is 10.2. The lowest BCUT2D eigenvalue weighted by molar-refractivity contribution is 0.0240. The van der Waals surface area contributed by atoms with Crippen LogP contribution in [0.5, 0.6) is 11.5 Å². The fourth-order valence-corrected chi connectivity index (χ4v) is 4.13. The molecule has 1 saturated heterocycles. The van der Waals surface area contributed by atoms with Gasteiger partial charge < -0.3 is 25.0 Å². The second-order valence-electron chi connectivity index (χ2n) is 10.2. The molecule has 1 aliphatic heterocycles. The van der Waals surface area contributed by atoms with Crippen molar-refractivity contribution in [1.82, 2.24) is 24.4 Å². The third-order valence-electron chi connectivity index (χ3n) is 6.15. The molecule has 0 unspecified atom stereocenters. The van der Waals surface area contributed by atoms with Crippen LogP contribution in [0.25, 0.3) is 16.6 Å². The molecule has 0 saturated carbocycles. The molecule has 5 rings (SSSR count). The van der Waals surface area contributed by atoms with Crippen molar-refractivity contribution in [3.8, 4) is 17.2 Å². The van der Waals surface area contributed by atoms with Crippen LogP contribution in [0.15, 0.2) is 53.8 Å². The van der Waals surface area contributed by atoms with Gasteiger partial charge in [-0.15, -0.1) is 0 Å². The largest absolute Gasteiger partial charge is 0.451 e. The Morgan fingerprint density at radius 3 is 2.38 bits per heavy atom. The van der Waals surface area contributed by atoms with Gasteiger partial charge in [0.1, 0.15) is 17.7 Å². The molecule has 0 radical (unpaired) electrons. The molecule has 1 aliphatic rings. The molecule has 2 aromatic carbocycles. The summed E-state index contributed by atoms with van der Waals surface area (Å²) in [7, 11) is 0. The van der Waals surface area contributed by atoms with Crippen molar-refractivity contribution in [2.75, 3.05) is 36.8 Å². The SMILES string of the molecule is CC(C)(C)OC(=O)N1CCN(c2ncc(-n3cnc4ccc(Oc5c(F)ccc(N)c5F)cc4c3=O)cn2)CC1. The Labute approximate surface area is 227 Å². The van der Waals surface area contributed by atoms with Crippen LogP contribution in [-0.4, -0.2) is 62.3 Å². The Bertz CT molecular complexity index is 1630. The van der Waals surface area contributed by atoms with Crippen molar-refractivity contribution in [3.63, 3.8) is 0 Å². The van der Waals surface area contributed by atoms with Crippen molar-refractivity contribution in [1.29, 1.82) is 0 Å². The first-order valence-corrected chi connectivity index (χ1v) is 12.5. The van der Waals surface area contributed by atoms with Gasteiger partial charge in [0, 0.05) is 26.2 Å². The van der Waals surface area contributed by atoms with Gasteiger partial charge in [0.2, 0.25) is 11.7 Å². The number of fused-ring (bicyclic) bond motifs is 1. The normalized spacial score (nSPS) is 13.9. The van der Waals surface area contributed by atoms with Crippen molar-refractivity contribution in [2.24, 2.45) is 0 Å². The quantitative estimate of drug-likeness (QED) is 0.376. The van der Waals surface area contributed by atoms with E-state index in [-0.39, 0.29) is 22.9 Å². The van der Waals surface area contributed by atoms with Crippen molar-refractivity contribution >= 4 is 28.6 Å². The molecule has 2 N–H and O–H groups in total. The highest BCUT2D eigenvalue weighted by Crippen LogP contribution is 2.31. The highest BCUT2D eigenvalue weighted by Gasteiger charge is 2.26. The number of rotatable bonds is 4. The summed E-state index contributed by atoms with van der Waals surface area (Å²) in [5, 5.41) is 0.159.